The number of carbonyl (C=O) groups excluding carboxylic acids is 1. The van der Waals surface area contributed by atoms with E-state index in [1.54, 1.807) is 4.90 Å². The molecule has 0 aliphatic rings. The van der Waals surface area contributed by atoms with Gasteiger partial charge in [0.2, 0.25) is 5.91 Å². The second kappa shape index (κ2) is 6.30. The molecule has 3 heteroatoms. The minimum atomic E-state index is 0.179. The van der Waals surface area contributed by atoms with Gasteiger partial charge < -0.3 is 4.90 Å². The quantitative estimate of drug-likeness (QED) is 0.610. The molecule has 0 aromatic carbocycles. The highest BCUT2D eigenvalue weighted by molar-refractivity contribution is 6.18. The Bertz CT molecular complexity index is 134. The molecule has 0 heterocycles. The van der Waals surface area contributed by atoms with Gasteiger partial charge in [-0.2, -0.15) is 0 Å². The van der Waals surface area contributed by atoms with E-state index in [2.05, 4.69) is 0 Å². The molecule has 0 aromatic rings. The lowest BCUT2D eigenvalue weighted by Crippen LogP contribution is -2.33. The minimum Gasteiger partial charge on any atom is -0.344 e. The predicted molar refractivity (Wildman–Crippen MR) is 52.4 cm³/mol. The molecule has 0 N–H and O–H groups in total. The van der Waals surface area contributed by atoms with E-state index >= 15 is 0 Å². The number of hydrogen-bond acceptors (Lipinski definition) is 1. The van der Waals surface area contributed by atoms with Crippen molar-refractivity contribution in [3.8, 4) is 0 Å². The Morgan fingerprint density at radius 1 is 1.42 bits per heavy atom. The first-order valence-electron chi connectivity index (χ1n) is 4.48. The van der Waals surface area contributed by atoms with Crippen molar-refractivity contribution in [2.45, 2.75) is 26.7 Å². The van der Waals surface area contributed by atoms with Gasteiger partial charge in [-0.15, -0.1) is 11.6 Å². The van der Waals surface area contributed by atoms with Crippen LogP contribution < -0.4 is 0 Å². The van der Waals surface area contributed by atoms with E-state index < -0.39 is 0 Å². The lowest BCUT2D eigenvalue weighted by Gasteiger charge is -2.20. The number of hydrogen-bond donors (Lipinski definition) is 0. The van der Waals surface area contributed by atoms with Gasteiger partial charge in [0, 0.05) is 25.4 Å². The molecule has 0 aromatic heterocycles. The standard InChI is InChI=1S/C9H18ClNO/c1-4-8(5-2)9(12)11(3)7-6-10/h8H,4-7H2,1-3H3. The van der Waals surface area contributed by atoms with Gasteiger partial charge in [0.25, 0.3) is 0 Å². The summed E-state index contributed by atoms with van der Waals surface area (Å²) in [4.78, 5) is 13.3. The smallest absolute Gasteiger partial charge is 0.225 e. The normalized spacial score (nSPS) is 10.4. The van der Waals surface area contributed by atoms with Gasteiger partial charge in [-0.3, -0.25) is 4.79 Å². The Morgan fingerprint density at radius 2 is 1.92 bits per heavy atom. The third-order valence-corrected chi connectivity index (χ3v) is 2.30. The van der Waals surface area contributed by atoms with Crippen LogP contribution >= 0.6 is 11.6 Å². The summed E-state index contributed by atoms with van der Waals surface area (Å²) in [7, 11) is 1.81. The van der Waals surface area contributed by atoms with Crippen molar-refractivity contribution < 1.29 is 4.79 Å². The molecule has 0 saturated carbocycles. The van der Waals surface area contributed by atoms with Gasteiger partial charge in [0.1, 0.15) is 0 Å². The SMILES string of the molecule is CCC(CC)C(=O)N(C)CCCl. The molecule has 0 aliphatic carbocycles. The fourth-order valence-corrected chi connectivity index (χ4v) is 1.44. The maximum atomic E-state index is 11.6. The molecule has 12 heavy (non-hydrogen) atoms. The summed E-state index contributed by atoms with van der Waals surface area (Å²) in [6.45, 7) is 4.73. The van der Waals surface area contributed by atoms with Crippen molar-refractivity contribution >= 4 is 17.5 Å². The molecule has 0 spiro atoms. The van der Waals surface area contributed by atoms with Crippen LogP contribution in [0.5, 0.6) is 0 Å². The summed E-state index contributed by atoms with van der Waals surface area (Å²) in [6, 6.07) is 0. The van der Waals surface area contributed by atoms with Crippen LogP contribution in [-0.2, 0) is 4.79 Å². The lowest BCUT2D eigenvalue weighted by molar-refractivity contribution is -0.134. The molecule has 0 atom stereocenters. The number of rotatable bonds is 5. The van der Waals surface area contributed by atoms with Crippen molar-refractivity contribution in [2.75, 3.05) is 19.5 Å². The highest BCUT2D eigenvalue weighted by atomic mass is 35.5. The van der Waals surface area contributed by atoms with Crippen molar-refractivity contribution in [3.63, 3.8) is 0 Å². The maximum absolute atomic E-state index is 11.6. The Kier molecular flexibility index (Phi) is 6.17. The summed E-state index contributed by atoms with van der Waals surface area (Å²) in [5.74, 6) is 0.918. The number of alkyl halides is 1. The lowest BCUT2D eigenvalue weighted by atomic mass is 10.0. The van der Waals surface area contributed by atoms with Crippen LogP contribution in [0.2, 0.25) is 0 Å². The van der Waals surface area contributed by atoms with Crippen LogP contribution in [0.25, 0.3) is 0 Å². The van der Waals surface area contributed by atoms with Crippen molar-refractivity contribution in [1.82, 2.24) is 4.90 Å². The average molecular weight is 192 g/mol. The molecular weight excluding hydrogens is 174 g/mol. The first-order chi connectivity index (χ1) is 5.67. The van der Waals surface area contributed by atoms with Crippen LogP contribution in [0.4, 0.5) is 0 Å². The van der Waals surface area contributed by atoms with Gasteiger partial charge in [0.15, 0.2) is 0 Å². The molecule has 0 bridgehead atoms. The second-order valence-electron chi connectivity index (χ2n) is 2.96. The van der Waals surface area contributed by atoms with Gasteiger partial charge in [-0.1, -0.05) is 13.8 Å². The highest BCUT2D eigenvalue weighted by Crippen LogP contribution is 2.10. The molecule has 0 unspecified atom stereocenters. The molecule has 72 valence electrons. The minimum absolute atomic E-state index is 0.179. The zero-order valence-corrected chi connectivity index (χ0v) is 8.90. The summed E-state index contributed by atoms with van der Waals surface area (Å²) in [6.07, 6.45) is 1.84. The number of carbonyl (C=O) groups is 1. The van der Waals surface area contributed by atoms with Gasteiger partial charge >= 0.3 is 0 Å². The monoisotopic (exact) mass is 191 g/mol. The predicted octanol–water partition coefficient (Wildman–Crippen LogP) is 2.12. The van der Waals surface area contributed by atoms with Crippen LogP contribution in [0.1, 0.15) is 26.7 Å². The van der Waals surface area contributed by atoms with E-state index in [0.29, 0.717) is 12.4 Å². The summed E-state index contributed by atoms with van der Waals surface area (Å²) < 4.78 is 0. The fourth-order valence-electron chi connectivity index (χ4n) is 1.19. The highest BCUT2D eigenvalue weighted by Gasteiger charge is 2.17. The second-order valence-corrected chi connectivity index (χ2v) is 3.34. The van der Waals surface area contributed by atoms with Crippen LogP contribution in [0, 0.1) is 5.92 Å². The van der Waals surface area contributed by atoms with E-state index in [9.17, 15) is 4.79 Å². The van der Waals surface area contributed by atoms with Crippen molar-refractivity contribution in [3.05, 3.63) is 0 Å². The Balaban J connectivity index is 3.97. The van der Waals surface area contributed by atoms with Crippen molar-refractivity contribution in [1.29, 1.82) is 0 Å². The Morgan fingerprint density at radius 3 is 2.25 bits per heavy atom. The third kappa shape index (κ3) is 3.44. The largest absolute Gasteiger partial charge is 0.344 e. The Hall–Kier alpha value is -0.240. The Labute approximate surface area is 79.9 Å². The summed E-state index contributed by atoms with van der Waals surface area (Å²) >= 11 is 5.54. The van der Waals surface area contributed by atoms with Crippen molar-refractivity contribution in [2.24, 2.45) is 5.92 Å². The van der Waals surface area contributed by atoms with Gasteiger partial charge in [0.05, 0.1) is 0 Å². The molecule has 0 rings (SSSR count). The molecule has 1 amide bonds. The van der Waals surface area contributed by atoms with Gasteiger partial charge in [-0.05, 0) is 12.8 Å². The first kappa shape index (κ1) is 11.8. The van der Waals surface area contributed by atoms with Crippen LogP contribution in [0.3, 0.4) is 0 Å². The maximum Gasteiger partial charge on any atom is 0.225 e. The van der Waals surface area contributed by atoms with Crippen LogP contribution in [0.15, 0.2) is 0 Å². The third-order valence-electron chi connectivity index (χ3n) is 2.13. The summed E-state index contributed by atoms with van der Waals surface area (Å²) in [5.41, 5.74) is 0. The topological polar surface area (TPSA) is 20.3 Å². The number of halogens is 1. The summed E-state index contributed by atoms with van der Waals surface area (Å²) in [5, 5.41) is 0. The van der Waals surface area contributed by atoms with Gasteiger partial charge in [-0.25, -0.2) is 0 Å². The van der Waals surface area contributed by atoms with E-state index in [4.69, 9.17) is 11.6 Å². The van der Waals surface area contributed by atoms with E-state index in [1.807, 2.05) is 20.9 Å². The molecule has 0 aliphatic heterocycles. The molecule has 0 fully saturated rings. The molecular formula is C9H18ClNO. The number of nitrogens with zero attached hydrogens (tertiary/aromatic N) is 1. The van der Waals surface area contributed by atoms with Crippen LogP contribution in [-0.4, -0.2) is 30.3 Å². The number of amides is 1. The molecule has 0 saturated heterocycles. The van der Waals surface area contributed by atoms with E-state index in [0.717, 1.165) is 12.8 Å². The molecule has 2 nitrogen and oxygen atoms in total. The van der Waals surface area contributed by atoms with E-state index in [-0.39, 0.29) is 11.8 Å². The fraction of sp³-hybridized carbons (Fsp3) is 0.889. The average Bonchev–Trinajstić information content (AvgIpc) is 2.07. The molecule has 0 radical (unpaired) electrons. The van der Waals surface area contributed by atoms with E-state index in [1.165, 1.54) is 0 Å². The zero-order chi connectivity index (χ0) is 9.56. The zero-order valence-electron chi connectivity index (χ0n) is 8.14. The first-order valence-corrected chi connectivity index (χ1v) is 5.01.